The van der Waals surface area contributed by atoms with Crippen molar-refractivity contribution in [3.63, 3.8) is 0 Å². The number of aryl methyl sites for hydroxylation is 1. The standard InChI is InChI=1S/C19H22N2O3/c1-2-3-4-15-7-11-18(12-8-15)24-14-19(23)21-20-13-16-5-9-17(22)10-6-16/h5-13,22H,2-4,14H2,1H3,(H,21,23)/b20-13-. The third-order valence-electron chi connectivity index (χ3n) is 3.41. The van der Waals surface area contributed by atoms with Gasteiger partial charge in [-0.25, -0.2) is 5.43 Å². The molecule has 0 spiro atoms. The van der Waals surface area contributed by atoms with Gasteiger partial charge in [0.2, 0.25) is 0 Å². The first-order chi connectivity index (χ1) is 11.7. The Balaban J connectivity index is 1.73. The van der Waals surface area contributed by atoms with Crippen molar-refractivity contribution in [2.24, 2.45) is 5.10 Å². The van der Waals surface area contributed by atoms with Crippen LogP contribution >= 0.6 is 0 Å². The zero-order valence-corrected chi connectivity index (χ0v) is 13.7. The fraction of sp³-hybridized carbons (Fsp3) is 0.263. The van der Waals surface area contributed by atoms with Crippen LogP contribution in [-0.2, 0) is 11.2 Å². The molecular weight excluding hydrogens is 304 g/mol. The summed E-state index contributed by atoms with van der Waals surface area (Å²) in [6, 6.07) is 14.3. The van der Waals surface area contributed by atoms with E-state index in [2.05, 4.69) is 17.5 Å². The number of ether oxygens (including phenoxy) is 1. The number of rotatable bonds is 8. The highest BCUT2D eigenvalue weighted by Crippen LogP contribution is 2.13. The van der Waals surface area contributed by atoms with Crippen molar-refractivity contribution in [1.82, 2.24) is 5.43 Å². The number of aromatic hydroxyl groups is 1. The predicted molar refractivity (Wildman–Crippen MR) is 94.4 cm³/mol. The van der Waals surface area contributed by atoms with Gasteiger partial charge in [-0.3, -0.25) is 4.79 Å². The minimum Gasteiger partial charge on any atom is -0.508 e. The number of unbranched alkanes of at least 4 members (excludes halogenated alkanes) is 1. The summed E-state index contributed by atoms with van der Waals surface area (Å²) in [5, 5.41) is 13.0. The summed E-state index contributed by atoms with van der Waals surface area (Å²) in [6.07, 6.45) is 4.90. The second kappa shape index (κ2) is 9.35. The van der Waals surface area contributed by atoms with Gasteiger partial charge in [-0.15, -0.1) is 0 Å². The number of carbonyl (C=O) groups excluding carboxylic acids is 1. The van der Waals surface area contributed by atoms with Gasteiger partial charge in [-0.05, 0) is 60.4 Å². The Kier molecular flexibility index (Phi) is 6.83. The van der Waals surface area contributed by atoms with Crippen molar-refractivity contribution < 1.29 is 14.6 Å². The van der Waals surface area contributed by atoms with Crippen LogP contribution in [0, 0.1) is 0 Å². The lowest BCUT2D eigenvalue weighted by molar-refractivity contribution is -0.123. The van der Waals surface area contributed by atoms with Gasteiger partial charge < -0.3 is 9.84 Å². The summed E-state index contributed by atoms with van der Waals surface area (Å²) >= 11 is 0. The van der Waals surface area contributed by atoms with Crippen LogP contribution in [0.1, 0.15) is 30.9 Å². The largest absolute Gasteiger partial charge is 0.508 e. The van der Waals surface area contributed by atoms with Crippen molar-refractivity contribution in [1.29, 1.82) is 0 Å². The monoisotopic (exact) mass is 326 g/mol. The summed E-state index contributed by atoms with van der Waals surface area (Å²) in [5.41, 5.74) is 4.44. The second-order valence-corrected chi connectivity index (χ2v) is 5.42. The van der Waals surface area contributed by atoms with Crippen molar-refractivity contribution in [2.45, 2.75) is 26.2 Å². The highest BCUT2D eigenvalue weighted by molar-refractivity contribution is 5.83. The number of phenols is 1. The van der Waals surface area contributed by atoms with E-state index in [1.807, 2.05) is 24.3 Å². The van der Waals surface area contributed by atoms with Crippen molar-refractivity contribution in [3.05, 3.63) is 59.7 Å². The highest BCUT2D eigenvalue weighted by atomic mass is 16.5. The third-order valence-corrected chi connectivity index (χ3v) is 3.41. The fourth-order valence-electron chi connectivity index (χ4n) is 2.05. The Labute approximate surface area is 142 Å². The van der Waals surface area contributed by atoms with Crippen molar-refractivity contribution in [3.8, 4) is 11.5 Å². The third kappa shape index (κ3) is 6.12. The Morgan fingerprint density at radius 1 is 1.17 bits per heavy atom. The van der Waals surface area contributed by atoms with Crippen molar-refractivity contribution >= 4 is 12.1 Å². The van der Waals surface area contributed by atoms with E-state index in [0.29, 0.717) is 5.75 Å². The average molecular weight is 326 g/mol. The average Bonchev–Trinajstić information content (AvgIpc) is 2.61. The molecule has 0 atom stereocenters. The first kappa shape index (κ1) is 17.5. The Hall–Kier alpha value is -2.82. The lowest BCUT2D eigenvalue weighted by atomic mass is 10.1. The molecule has 126 valence electrons. The van der Waals surface area contributed by atoms with E-state index in [1.54, 1.807) is 24.3 Å². The molecule has 2 aromatic carbocycles. The molecule has 5 heteroatoms. The van der Waals surface area contributed by atoms with Crippen LogP contribution in [0.3, 0.4) is 0 Å². The minimum atomic E-state index is -0.333. The quantitative estimate of drug-likeness (QED) is 0.578. The number of benzene rings is 2. The van der Waals surface area contributed by atoms with E-state index in [9.17, 15) is 9.90 Å². The molecule has 0 heterocycles. The molecule has 2 rings (SSSR count). The molecule has 2 N–H and O–H groups in total. The Morgan fingerprint density at radius 2 is 1.88 bits per heavy atom. The molecule has 0 bridgehead atoms. The van der Waals surface area contributed by atoms with Gasteiger partial charge in [0.25, 0.3) is 5.91 Å². The number of nitrogens with one attached hydrogen (secondary N) is 1. The van der Waals surface area contributed by atoms with Gasteiger partial charge in [0.15, 0.2) is 6.61 Å². The van der Waals surface area contributed by atoms with Crippen LogP contribution in [-0.4, -0.2) is 23.8 Å². The minimum absolute atomic E-state index is 0.0960. The lowest BCUT2D eigenvalue weighted by Crippen LogP contribution is -2.24. The van der Waals surface area contributed by atoms with Crippen molar-refractivity contribution in [2.75, 3.05) is 6.61 Å². The number of hydrazone groups is 1. The van der Waals surface area contributed by atoms with E-state index >= 15 is 0 Å². The maximum Gasteiger partial charge on any atom is 0.277 e. The molecule has 5 nitrogen and oxygen atoms in total. The molecule has 0 aliphatic rings. The summed E-state index contributed by atoms with van der Waals surface area (Å²) in [6.45, 7) is 2.07. The molecule has 0 radical (unpaired) electrons. The molecule has 0 saturated carbocycles. The number of carbonyl (C=O) groups is 1. The first-order valence-corrected chi connectivity index (χ1v) is 8.00. The first-order valence-electron chi connectivity index (χ1n) is 8.00. The van der Waals surface area contributed by atoms with Crippen LogP contribution in [0.4, 0.5) is 0 Å². The van der Waals surface area contributed by atoms with Gasteiger partial charge in [0.05, 0.1) is 6.21 Å². The van der Waals surface area contributed by atoms with E-state index in [-0.39, 0.29) is 18.3 Å². The topological polar surface area (TPSA) is 70.9 Å². The summed E-state index contributed by atoms with van der Waals surface area (Å²) < 4.78 is 5.43. The maximum atomic E-state index is 11.7. The zero-order chi connectivity index (χ0) is 17.2. The smallest absolute Gasteiger partial charge is 0.277 e. The van der Waals surface area contributed by atoms with Crippen LogP contribution in [0.25, 0.3) is 0 Å². The number of hydrogen-bond acceptors (Lipinski definition) is 4. The molecule has 0 aliphatic carbocycles. The van der Waals surface area contributed by atoms with Gasteiger partial charge >= 0.3 is 0 Å². The predicted octanol–water partition coefficient (Wildman–Crippen LogP) is 3.26. The van der Waals surface area contributed by atoms with Crippen LogP contribution in [0.5, 0.6) is 11.5 Å². The summed E-state index contributed by atoms with van der Waals surface area (Å²) in [7, 11) is 0. The lowest BCUT2D eigenvalue weighted by Gasteiger charge is -2.06. The Bertz CT molecular complexity index is 664. The molecular formula is C19H22N2O3. The number of hydrogen-bond donors (Lipinski definition) is 2. The normalized spacial score (nSPS) is 10.7. The van der Waals surface area contributed by atoms with E-state index in [4.69, 9.17) is 4.74 Å². The Morgan fingerprint density at radius 3 is 2.54 bits per heavy atom. The van der Waals surface area contributed by atoms with E-state index < -0.39 is 0 Å². The van der Waals surface area contributed by atoms with E-state index in [1.165, 1.54) is 24.6 Å². The van der Waals surface area contributed by atoms with Gasteiger partial charge in [-0.1, -0.05) is 25.5 Å². The van der Waals surface area contributed by atoms with Gasteiger partial charge in [0.1, 0.15) is 11.5 Å². The van der Waals surface area contributed by atoms with Crippen LogP contribution in [0.2, 0.25) is 0 Å². The summed E-state index contributed by atoms with van der Waals surface area (Å²) in [4.78, 5) is 11.7. The molecule has 0 aromatic heterocycles. The van der Waals surface area contributed by atoms with Crippen LogP contribution in [0.15, 0.2) is 53.6 Å². The molecule has 0 unspecified atom stereocenters. The number of amides is 1. The van der Waals surface area contributed by atoms with Gasteiger partial charge in [0, 0.05) is 0 Å². The number of nitrogens with zero attached hydrogens (tertiary/aromatic N) is 1. The molecule has 1 amide bonds. The summed E-state index contributed by atoms with van der Waals surface area (Å²) in [5.74, 6) is 0.512. The highest BCUT2D eigenvalue weighted by Gasteiger charge is 2.01. The van der Waals surface area contributed by atoms with Crippen LogP contribution < -0.4 is 10.2 Å². The van der Waals surface area contributed by atoms with E-state index in [0.717, 1.165) is 12.0 Å². The molecule has 0 saturated heterocycles. The second-order valence-electron chi connectivity index (χ2n) is 5.42. The molecule has 0 fully saturated rings. The van der Waals surface area contributed by atoms with Gasteiger partial charge in [-0.2, -0.15) is 5.10 Å². The molecule has 24 heavy (non-hydrogen) atoms. The molecule has 0 aliphatic heterocycles. The maximum absolute atomic E-state index is 11.7. The zero-order valence-electron chi connectivity index (χ0n) is 13.7. The number of phenolic OH excluding ortho intramolecular Hbond substituents is 1. The fourth-order valence-corrected chi connectivity index (χ4v) is 2.05. The molecule has 2 aromatic rings. The SMILES string of the molecule is CCCCc1ccc(OCC(=O)N/N=C\c2ccc(O)cc2)cc1.